The lowest BCUT2D eigenvalue weighted by Gasteiger charge is -2.36. The van der Waals surface area contributed by atoms with Crippen molar-refractivity contribution < 1.29 is 0 Å². The summed E-state index contributed by atoms with van der Waals surface area (Å²) in [5.41, 5.74) is 4.61. The van der Waals surface area contributed by atoms with Crippen LogP contribution < -0.4 is 10.2 Å². The Balaban J connectivity index is 1.28. The van der Waals surface area contributed by atoms with E-state index in [1.54, 1.807) is 0 Å². The highest BCUT2D eigenvalue weighted by molar-refractivity contribution is 5.48. The number of nitriles is 1. The molecule has 27 heavy (non-hydrogen) atoms. The first-order valence-electron chi connectivity index (χ1n) is 9.98. The van der Waals surface area contributed by atoms with Crippen molar-refractivity contribution in [3.05, 3.63) is 65.2 Å². The Morgan fingerprint density at radius 1 is 1.00 bits per heavy atom. The highest BCUT2D eigenvalue weighted by Gasteiger charge is 2.16. The summed E-state index contributed by atoms with van der Waals surface area (Å²) >= 11 is 0. The zero-order chi connectivity index (χ0) is 18.9. The van der Waals surface area contributed by atoms with Crippen LogP contribution in [0.1, 0.15) is 29.5 Å². The molecule has 1 heterocycles. The number of benzene rings is 2. The van der Waals surface area contributed by atoms with Crippen LogP contribution in [0.4, 0.5) is 5.69 Å². The number of rotatable bonds is 8. The third kappa shape index (κ3) is 6.09. The highest BCUT2D eigenvalue weighted by Crippen LogP contribution is 2.17. The Bertz CT molecular complexity index is 757. The van der Waals surface area contributed by atoms with E-state index in [9.17, 15) is 0 Å². The number of hydrogen-bond acceptors (Lipinski definition) is 4. The third-order valence-corrected chi connectivity index (χ3v) is 5.20. The Labute approximate surface area is 163 Å². The van der Waals surface area contributed by atoms with Crippen LogP contribution in [-0.2, 0) is 6.54 Å². The fraction of sp³-hybridized carbons (Fsp3) is 0.435. The van der Waals surface area contributed by atoms with E-state index >= 15 is 0 Å². The van der Waals surface area contributed by atoms with Gasteiger partial charge in [0.05, 0.1) is 11.6 Å². The number of piperazine rings is 1. The zero-order valence-corrected chi connectivity index (χ0v) is 16.3. The minimum Gasteiger partial charge on any atom is -0.369 e. The smallest absolute Gasteiger partial charge is 0.0991 e. The summed E-state index contributed by atoms with van der Waals surface area (Å²) in [5, 5.41) is 12.4. The maximum atomic E-state index is 8.94. The van der Waals surface area contributed by atoms with Gasteiger partial charge in [0.2, 0.25) is 0 Å². The first kappa shape index (κ1) is 19.4. The van der Waals surface area contributed by atoms with Gasteiger partial charge in [-0.3, -0.25) is 4.90 Å². The molecule has 0 bridgehead atoms. The lowest BCUT2D eigenvalue weighted by Crippen LogP contribution is -2.46. The fourth-order valence-electron chi connectivity index (χ4n) is 3.62. The molecule has 0 aromatic heterocycles. The van der Waals surface area contributed by atoms with Gasteiger partial charge in [-0.2, -0.15) is 5.26 Å². The molecule has 1 aliphatic rings. The third-order valence-electron chi connectivity index (χ3n) is 5.20. The standard InChI is InChI=1S/C23H30N4/c1-20-6-4-9-23(16-20)27-14-12-26(13-15-27)11-3-2-10-25-19-22-8-5-7-21(17-22)18-24/h4-9,16-17,25H,2-3,10-15,19H2,1H3. The molecule has 2 aromatic carbocycles. The molecule has 2 aromatic rings. The largest absolute Gasteiger partial charge is 0.369 e. The van der Waals surface area contributed by atoms with Crippen LogP contribution in [0.25, 0.3) is 0 Å². The molecule has 1 N–H and O–H groups in total. The molecule has 0 atom stereocenters. The summed E-state index contributed by atoms with van der Waals surface area (Å²) in [5.74, 6) is 0. The predicted molar refractivity (Wildman–Crippen MR) is 112 cm³/mol. The molecule has 4 heteroatoms. The molecule has 0 saturated carbocycles. The molecule has 3 rings (SSSR count). The molecule has 0 unspecified atom stereocenters. The summed E-state index contributed by atoms with van der Waals surface area (Å²) in [6, 6.07) is 18.8. The highest BCUT2D eigenvalue weighted by atomic mass is 15.3. The molecule has 0 spiro atoms. The summed E-state index contributed by atoms with van der Waals surface area (Å²) in [6.07, 6.45) is 2.42. The Hall–Kier alpha value is -2.35. The second-order valence-corrected chi connectivity index (χ2v) is 7.36. The molecule has 1 fully saturated rings. The lowest BCUT2D eigenvalue weighted by atomic mass is 10.1. The van der Waals surface area contributed by atoms with E-state index in [1.165, 1.54) is 36.2 Å². The minimum absolute atomic E-state index is 0.735. The predicted octanol–water partition coefficient (Wildman–Crippen LogP) is 3.56. The van der Waals surface area contributed by atoms with Gasteiger partial charge in [-0.25, -0.2) is 0 Å². The number of nitrogens with one attached hydrogen (secondary N) is 1. The summed E-state index contributed by atoms with van der Waals surface area (Å²) in [4.78, 5) is 5.09. The maximum Gasteiger partial charge on any atom is 0.0991 e. The molecular formula is C23H30N4. The van der Waals surface area contributed by atoms with Crippen molar-refractivity contribution in [1.82, 2.24) is 10.2 Å². The lowest BCUT2D eigenvalue weighted by molar-refractivity contribution is 0.252. The molecule has 0 aliphatic carbocycles. The van der Waals surface area contributed by atoms with Crippen LogP contribution in [0, 0.1) is 18.3 Å². The minimum atomic E-state index is 0.735. The van der Waals surface area contributed by atoms with Crippen LogP contribution in [0.3, 0.4) is 0 Å². The topological polar surface area (TPSA) is 42.3 Å². The van der Waals surface area contributed by atoms with E-state index in [0.717, 1.165) is 44.8 Å². The van der Waals surface area contributed by atoms with Crippen molar-refractivity contribution in [1.29, 1.82) is 5.26 Å². The van der Waals surface area contributed by atoms with Crippen molar-refractivity contribution in [2.75, 3.05) is 44.2 Å². The van der Waals surface area contributed by atoms with Crippen LogP contribution in [0.2, 0.25) is 0 Å². The number of hydrogen-bond donors (Lipinski definition) is 1. The van der Waals surface area contributed by atoms with E-state index in [2.05, 4.69) is 58.4 Å². The first-order valence-corrected chi connectivity index (χ1v) is 9.98. The van der Waals surface area contributed by atoms with E-state index in [0.29, 0.717) is 0 Å². The SMILES string of the molecule is Cc1cccc(N2CCN(CCCCNCc3cccc(C#N)c3)CC2)c1. The molecular weight excluding hydrogens is 332 g/mol. The molecule has 1 aliphatic heterocycles. The van der Waals surface area contributed by atoms with Crippen LogP contribution in [-0.4, -0.2) is 44.2 Å². The second kappa shape index (κ2) is 10.1. The molecule has 0 amide bonds. The first-order chi connectivity index (χ1) is 13.2. The maximum absolute atomic E-state index is 8.94. The normalized spacial score (nSPS) is 14.9. The van der Waals surface area contributed by atoms with Crippen LogP contribution in [0.15, 0.2) is 48.5 Å². The van der Waals surface area contributed by atoms with Crippen LogP contribution in [0.5, 0.6) is 0 Å². The van der Waals surface area contributed by atoms with Gasteiger partial charge in [-0.05, 0) is 68.2 Å². The number of unbranched alkanes of at least 4 members (excludes halogenated alkanes) is 1. The molecule has 1 saturated heterocycles. The number of anilines is 1. The van der Waals surface area contributed by atoms with E-state index in [4.69, 9.17) is 5.26 Å². The Morgan fingerprint density at radius 2 is 1.81 bits per heavy atom. The van der Waals surface area contributed by atoms with Crippen molar-refractivity contribution in [3.8, 4) is 6.07 Å². The summed E-state index contributed by atoms with van der Waals surface area (Å²) in [7, 11) is 0. The summed E-state index contributed by atoms with van der Waals surface area (Å²) < 4.78 is 0. The molecule has 0 radical (unpaired) electrons. The van der Waals surface area contributed by atoms with E-state index in [1.807, 2.05) is 18.2 Å². The average molecular weight is 363 g/mol. The van der Waals surface area contributed by atoms with Crippen LogP contribution >= 0.6 is 0 Å². The van der Waals surface area contributed by atoms with Gasteiger partial charge in [0.15, 0.2) is 0 Å². The van der Waals surface area contributed by atoms with Gasteiger partial charge in [-0.1, -0.05) is 24.3 Å². The molecule has 4 nitrogen and oxygen atoms in total. The quantitative estimate of drug-likeness (QED) is 0.729. The number of nitrogens with zero attached hydrogens (tertiary/aromatic N) is 3. The van der Waals surface area contributed by atoms with Gasteiger partial charge in [0, 0.05) is 38.4 Å². The van der Waals surface area contributed by atoms with Crippen molar-refractivity contribution in [3.63, 3.8) is 0 Å². The average Bonchev–Trinajstić information content (AvgIpc) is 2.71. The van der Waals surface area contributed by atoms with Crippen molar-refractivity contribution in [2.45, 2.75) is 26.3 Å². The van der Waals surface area contributed by atoms with Gasteiger partial charge < -0.3 is 10.2 Å². The van der Waals surface area contributed by atoms with Gasteiger partial charge in [-0.15, -0.1) is 0 Å². The van der Waals surface area contributed by atoms with Crippen molar-refractivity contribution in [2.24, 2.45) is 0 Å². The van der Waals surface area contributed by atoms with Gasteiger partial charge >= 0.3 is 0 Å². The Morgan fingerprint density at radius 3 is 2.59 bits per heavy atom. The fourth-order valence-corrected chi connectivity index (χ4v) is 3.62. The van der Waals surface area contributed by atoms with E-state index in [-0.39, 0.29) is 0 Å². The monoisotopic (exact) mass is 362 g/mol. The molecule has 142 valence electrons. The Kier molecular flexibility index (Phi) is 7.27. The van der Waals surface area contributed by atoms with E-state index < -0.39 is 0 Å². The van der Waals surface area contributed by atoms with Gasteiger partial charge in [0.1, 0.15) is 0 Å². The second-order valence-electron chi connectivity index (χ2n) is 7.36. The zero-order valence-electron chi connectivity index (χ0n) is 16.3. The van der Waals surface area contributed by atoms with Gasteiger partial charge in [0.25, 0.3) is 0 Å². The summed E-state index contributed by atoms with van der Waals surface area (Å²) in [6.45, 7) is 9.77. The van der Waals surface area contributed by atoms with Crippen molar-refractivity contribution >= 4 is 5.69 Å². The number of aryl methyl sites for hydroxylation is 1.